The molecule has 2 aromatic carbocycles. The first-order valence-corrected chi connectivity index (χ1v) is 7.84. The van der Waals surface area contributed by atoms with Gasteiger partial charge >= 0.3 is 0 Å². The summed E-state index contributed by atoms with van der Waals surface area (Å²) in [7, 11) is 0. The van der Waals surface area contributed by atoms with Gasteiger partial charge in [0, 0.05) is 20.7 Å². The molecule has 0 aliphatic carbocycles. The molecule has 0 saturated carbocycles. The average molecular weight is 383 g/mol. The fraction of sp³-hybridized carbons (Fsp3) is 0.250. The summed E-state index contributed by atoms with van der Waals surface area (Å²) in [6, 6.07) is 13.1. The van der Waals surface area contributed by atoms with E-state index < -0.39 is 0 Å². The van der Waals surface area contributed by atoms with Crippen LogP contribution in [0.1, 0.15) is 29.7 Å². The van der Waals surface area contributed by atoms with Gasteiger partial charge in [-0.05, 0) is 71.6 Å². The van der Waals surface area contributed by atoms with Crippen molar-refractivity contribution in [1.82, 2.24) is 0 Å². The minimum absolute atomic E-state index is 0.275. The summed E-state index contributed by atoms with van der Waals surface area (Å²) >= 11 is 7.05. The highest BCUT2D eigenvalue weighted by Gasteiger charge is 2.08. The number of halogens is 2. The smallest absolute Gasteiger partial charge is 0.0490 e. The summed E-state index contributed by atoms with van der Waals surface area (Å²) in [4.78, 5) is 0. The van der Waals surface area contributed by atoms with E-state index in [1.54, 1.807) is 0 Å². The maximum Gasteiger partial charge on any atom is 0.0490 e. The molecule has 1 unspecified atom stereocenters. The monoisotopic (exact) mass is 381 g/mol. The lowest BCUT2D eigenvalue weighted by Gasteiger charge is -2.18. The van der Waals surface area contributed by atoms with Gasteiger partial charge in [-0.2, -0.15) is 0 Å². The van der Waals surface area contributed by atoms with Gasteiger partial charge in [0.25, 0.3) is 0 Å². The highest BCUT2D eigenvalue weighted by Crippen LogP contribution is 2.29. The van der Waals surface area contributed by atoms with Gasteiger partial charge in [-0.1, -0.05) is 34.1 Å². The third-order valence-corrected chi connectivity index (χ3v) is 4.48. The molecule has 1 N–H and O–H groups in total. The van der Waals surface area contributed by atoms with Crippen LogP contribution in [0.3, 0.4) is 0 Å². The summed E-state index contributed by atoms with van der Waals surface area (Å²) in [6.45, 7) is 6.47. The number of aryl methyl sites for hydroxylation is 2. The van der Waals surface area contributed by atoms with Crippen LogP contribution in [0.25, 0.3) is 0 Å². The second-order valence-electron chi connectivity index (χ2n) is 4.83. The van der Waals surface area contributed by atoms with Crippen LogP contribution >= 0.6 is 31.9 Å². The number of rotatable bonds is 3. The molecule has 1 nitrogen and oxygen atoms in total. The number of hydrogen-bond donors (Lipinski definition) is 1. The van der Waals surface area contributed by atoms with Crippen LogP contribution in [0, 0.1) is 13.8 Å². The normalized spacial score (nSPS) is 12.3. The van der Waals surface area contributed by atoms with Crippen LogP contribution < -0.4 is 5.32 Å². The van der Waals surface area contributed by atoms with Gasteiger partial charge in [0.2, 0.25) is 0 Å². The molecule has 2 aromatic rings. The quantitative estimate of drug-likeness (QED) is 0.686. The van der Waals surface area contributed by atoms with Gasteiger partial charge in [-0.3, -0.25) is 0 Å². The second-order valence-corrected chi connectivity index (χ2v) is 6.60. The van der Waals surface area contributed by atoms with Gasteiger partial charge < -0.3 is 5.32 Å². The van der Waals surface area contributed by atoms with E-state index in [2.05, 4.69) is 88.3 Å². The zero-order chi connectivity index (χ0) is 14.0. The first kappa shape index (κ1) is 14.6. The summed E-state index contributed by atoms with van der Waals surface area (Å²) in [5, 5.41) is 3.53. The van der Waals surface area contributed by atoms with Gasteiger partial charge in [0.05, 0.1) is 0 Å². The molecule has 0 radical (unpaired) electrons. The molecule has 3 heteroatoms. The molecular weight excluding hydrogens is 366 g/mol. The van der Waals surface area contributed by atoms with Gasteiger partial charge in [0.1, 0.15) is 0 Å². The highest BCUT2D eigenvalue weighted by molar-refractivity contribution is 9.11. The maximum absolute atomic E-state index is 3.58. The molecule has 0 spiro atoms. The third-order valence-electron chi connectivity index (χ3n) is 3.33. The molecule has 0 aromatic heterocycles. The number of anilines is 1. The topological polar surface area (TPSA) is 12.0 Å². The Balaban J connectivity index is 2.20. The van der Waals surface area contributed by atoms with Crippen LogP contribution in [0.5, 0.6) is 0 Å². The van der Waals surface area contributed by atoms with E-state index in [9.17, 15) is 0 Å². The van der Waals surface area contributed by atoms with Crippen molar-refractivity contribution in [3.05, 3.63) is 62.0 Å². The Morgan fingerprint density at radius 2 is 1.68 bits per heavy atom. The van der Waals surface area contributed by atoms with Crippen molar-refractivity contribution in [2.75, 3.05) is 5.32 Å². The van der Waals surface area contributed by atoms with Gasteiger partial charge in [0.15, 0.2) is 0 Å². The van der Waals surface area contributed by atoms with Crippen LogP contribution in [0.2, 0.25) is 0 Å². The summed E-state index contributed by atoms with van der Waals surface area (Å²) in [6.07, 6.45) is 0. The lowest BCUT2D eigenvalue weighted by atomic mass is 10.0. The average Bonchev–Trinajstić information content (AvgIpc) is 2.36. The van der Waals surface area contributed by atoms with Crippen molar-refractivity contribution in [3.8, 4) is 0 Å². The summed E-state index contributed by atoms with van der Waals surface area (Å²) in [5.74, 6) is 0. The lowest BCUT2D eigenvalue weighted by molar-refractivity contribution is 0.880. The van der Waals surface area contributed by atoms with E-state index in [1.165, 1.54) is 16.7 Å². The van der Waals surface area contributed by atoms with Crippen LogP contribution in [-0.4, -0.2) is 0 Å². The highest BCUT2D eigenvalue weighted by atomic mass is 79.9. The standard InChI is InChI=1S/C16H17Br2N/c1-10-4-5-13(8-11(10)2)12(3)19-16-7-6-14(17)9-15(16)18/h4-9,12,19H,1-3H3. The van der Waals surface area contributed by atoms with Crippen molar-refractivity contribution in [2.45, 2.75) is 26.8 Å². The van der Waals surface area contributed by atoms with Crippen LogP contribution in [0.4, 0.5) is 5.69 Å². The molecule has 2 rings (SSSR count). The zero-order valence-electron chi connectivity index (χ0n) is 11.3. The first-order chi connectivity index (χ1) is 8.97. The minimum atomic E-state index is 0.275. The van der Waals surface area contributed by atoms with Crippen molar-refractivity contribution in [3.63, 3.8) is 0 Å². The zero-order valence-corrected chi connectivity index (χ0v) is 14.5. The van der Waals surface area contributed by atoms with E-state index in [4.69, 9.17) is 0 Å². The summed E-state index contributed by atoms with van der Waals surface area (Å²) < 4.78 is 2.14. The SMILES string of the molecule is Cc1ccc(C(C)Nc2ccc(Br)cc2Br)cc1C. The molecule has 1 atom stereocenters. The Kier molecular flexibility index (Phi) is 4.69. The largest absolute Gasteiger partial charge is 0.378 e. The molecule has 100 valence electrons. The first-order valence-electron chi connectivity index (χ1n) is 6.26. The van der Waals surface area contributed by atoms with E-state index in [0.29, 0.717) is 0 Å². The molecule has 0 saturated heterocycles. The maximum atomic E-state index is 3.58. The fourth-order valence-electron chi connectivity index (χ4n) is 1.96. The number of benzene rings is 2. The third kappa shape index (κ3) is 3.61. The van der Waals surface area contributed by atoms with E-state index in [-0.39, 0.29) is 6.04 Å². The molecule has 0 heterocycles. The Labute approximate surface area is 131 Å². The molecule has 0 aliphatic rings. The van der Waals surface area contributed by atoms with Gasteiger partial charge in [-0.15, -0.1) is 0 Å². The summed E-state index contributed by atoms with van der Waals surface area (Å²) in [5.41, 5.74) is 5.08. The van der Waals surface area contributed by atoms with Crippen LogP contribution in [-0.2, 0) is 0 Å². The lowest BCUT2D eigenvalue weighted by Crippen LogP contribution is -2.07. The molecular formula is C16H17Br2N. The van der Waals surface area contributed by atoms with Crippen molar-refractivity contribution in [1.29, 1.82) is 0 Å². The number of nitrogens with one attached hydrogen (secondary N) is 1. The number of hydrogen-bond acceptors (Lipinski definition) is 1. The predicted molar refractivity (Wildman–Crippen MR) is 89.8 cm³/mol. The van der Waals surface area contributed by atoms with E-state index >= 15 is 0 Å². The van der Waals surface area contributed by atoms with E-state index in [1.807, 2.05) is 6.07 Å². The van der Waals surface area contributed by atoms with Crippen LogP contribution in [0.15, 0.2) is 45.3 Å². The Bertz CT molecular complexity index is 593. The molecule has 0 amide bonds. The van der Waals surface area contributed by atoms with Crippen molar-refractivity contribution < 1.29 is 0 Å². The molecule has 0 fully saturated rings. The van der Waals surface area contributed by atoms with Crippen molar-refractivity contribution >= 4 is 37.5 Å². The Morgan fingerprint density at radius 3 is 2.32 bits per heavy atom. The fourth-order valence-corrected chi connectivity index (χ4v) is 3.12. The second kappa shape index (κ2) is 6.10. The van der Waals surface area contributed by atoms with Crippen molar-refractivity contribution in [2.24, 2.45) is 0 Å². The molecule has 19 heavy (non-hydrogen) atoms. The Morgan fingerprint density at radius 1 is 0.947 bits per heavy atom. The minimum Gasteiger partial charge on any atom is -0.378 e. The van der Waals surface area contributed by atoms with E-state index in [0.717, 1.165) is 14.6 Å². The predicted octanol–water partition coefficient (Wildman–Crippen LogP) is 6.00. The van der Waals surface area contributed by atoms with Gasteiger partial charge in [-0.25, -0.2) is 0 Å². The molecule has 0 bridgehead atoms. The Hall–Kier alpha value is -0.800. The molecule has 0 aliphatic heterocycles.